The number of nitrogens with zero attached hydrogens (tertiary/aromatic N) is 1. The molecule has 2 N–H and O–H groups in total. The molecule has 2 rings (SSSR count). The molecule has 1 aromatic heterocycles. The van der Waals surface area contributed by atoms with Crippen molar-refractivity contribution in [3.05, 3.63) is 22.2 Å². The Morgan fingerprint density at radius 2 is 2.25 bits per heavy atom. The smallest absolute Gasteiger partial charge is 0.181 e. The van der Waals surface area contributed by atoms with Crippen LogP contribution in [0, 0.1) is 6.92 Å². The van der Waals surface area contributed by atoms with Crippen LogP contribution in [0.15, 0.2) is 16.6 Å². The number of fused-ring (bicyclic) bond motifs is 1. The minimum absolute atomic E-state index is 0.631. The molecule has 0 amide bonds. The predicted octanol–water partition coefficient (Wildman–Crippen LogP) is 2.95. The lowest BCUT2D eigenvalue weighted by Crippen LogP contribution is -1.81. The Kier molecular flexibility index (Phi) is 1.81. The first-order valence-electron chi connectivity index (χ1n) is 3.49. The van der Waals surface area contributed by atoms with E-state index in [4.69, 9.17) is 5.73 Å². The van der Waals surface area contributed by atoms with Gasteiger partial charge in [-0.25, -0.2) is 4.98 Å². The van der Waals surface area contributed by atoms with Crippen LogP contribution in [0.25, 0.3) is 10.2 Å². The van der Waals surface area contributed by atoms with Gasteiger partial charge in [-0.15, -0.1) is 0 Å². The maximum atomic E-state index is 5.60. The topological polar surface area (TPSA) is 38.9 Å². The molecule has 1 aromatic carbocycles. The summed E-state index contributed by atoms with van der Waals surface area (Å²) in [5.41, 5.74) is 7.78. The highest BCUT2D eigenvalue weighted by Crippen LogP contribution is 2.29. The molecule has 2 aromatic rings. The van der Waals surface area contributed by atoms with Gasteiger partial charge in [0.15, 0.2) is 5.13 Å². The number of halogens is 1. The van der Waals surface area contributed by atoms with Crippen LogP contribution in [0.5, 0.6) is 0 Å². The number of nitrogen functional groups attached to an aromatic ring is 1. The summed E-state index contributed by atoms with van der Waals surface area (Å²) in [6, 6.07) is 4.08. The lowest BCUT2D eigenvalue weighted by molar-refractivity contribution is 1.42. The van der Waals surface area contributed by atoms with E-state index in [1.165, 1.54) is 11.3 Å². The van der Waals surface area contributed by atoms with Gasteiger partial charge in [-0.1, -0.05) is 27.3 Å². The zero-order chi connectivity index (χ0) is 8.72. The molecule has 62 valence electrons. The minimum atomic E-state index is 0.631. The number of hydrogen-bond donors (Lipinski definition) is 1. The molecule has 0 radical (unpaired) electrons. The van der Waals surface area contributed by atoms with Gasteiger partial charge in [-0.3, -0.25) is 0 Å². The number of anilines is 1. The molecule has 0 atom stereocenters. The highest BCUT2D eigenvalue weighted by Gasteiger charge is 2.04. The van der Waals surface area contributed by atoms with Gasteiger partial charge < -0.3 is 5.73 Å². The average Bonchev–Trinajstić information content (AvgIpc) is 2.29. The van der Waals surface area contributed by atoms with Gasteiger partial charge in [0.05, 0.1) is 10.2 Å². The molecule has 4 heteroatoms. The molecule has 12 heavy (non-hydrogen) atoms. The molecular formula is C8H7BrN2S. The Morgan fingerprint density at radius 1 is 1.50 bits per heavy atom. The van der Waals surface area contributed by atoms with Crippen LogP contribution in [-0.2, 0) is 0 Å². The SMILES string of the molecule is Cc1cc(Br)cc2sc(N)nc12. The van der Waals surface area contributed by atoms with Crippen LogP contribution >= 0.6 is 27.3 Å². The summed E-state index contributed by atoms with van der Waals surface area (Å²) >= 11 is 4.95. The summed E-state index contributed by atoms with van der Waals surface area (Å²) in [6.45, 7) is 2.03. The van der Waals surface area contributed by atoms with Crippen molar-refractivity contribution in [2.24, 2.45) is 0 Å². The average molecular weight is 243 g/mol. The van der Waals surface area contributed by atoms with Gasteiger partial charge >= 0.3 is 0 Å². The summed E-state index contributed by atoms with van der Waals surface area (Å²) < 4.78 is 2.22. The van der Waals surface area contributed by atoms with Crippen molar-refractivity contribution in [1.82, 2.24) is 4.98 Å². The van der Waals surface area contributed by atoms with E-state index in [9.17, 15) is 0 Å². The number of nitrogens with two attached hydrogens (primary N) is 1. The van der Waals surface area contributed by atoms with E-state index < -0.39 is 0 Å². The van der Waals surface area contributed by atoms with Gasteiger partial charge in [-0.2, -0.15) is 0 Å². The predicted molar refractivity (Wildman–Crippen MR) is 56.5 cm³/mol. The quantitative estimate of drug-likeness (QED) is 0.772. The van der Waals surface area contributed by atoms with Gasteiger partial charge in [0.1, 0.15) is 0 Å². The fraction of sp³-hybridized carbons (Fsp3) is 0.125. The van der Waals surface area contributed by atoms with E-state index in [1.807, 2.05) is 19.1 Å². The van der Waals surface area contributed by atoms with E-state index in [0.717, 1.165) is 20.3 Å². The van der Waals surface area contributed by atoms with E-state index in [0.29, 0.717) is 5.13 Å². The third-order valence-electron chi connectivity index (χ3n) is 1.67. The second-order valence-corrected chi connectivity index (χ2v) is 4.60. The molecule has 0 spiro atoms. The first-order valence-corrected chi connectivity index (χ1v) is 5.10. The Balaban J connectivity index is 2.88. The van der Waals surface area contributed by atoms with E-state index in [-0.39, 0.29) is 0 Å². The lowest BCUT2D eigenvalue weighted by Gasteiger charge is -1.94. The van der Waals surface area contributed by atoms with Gasteiger partial charge in [0.25, 0.3) is 0 Å². The Morgan fingerprint density at radius 3 is 3.00 bits per heavy atom. The number of hydrogen-bond acceptors (Lipinski definition) is 3. The van der Waals surface area contributed by atoms with E-state index in [1.54, 1.807) is 0 Å². The van der Waals surface area contributed by atoms with Crippen LogP contribution in [0.2, 0.25) is 0 Å². The second kappa shape index (κ2) is 2.71. The van der Waals surface area contributed by atoms with E-state index in [2.05, 4.69) is 20.9 Å². The standard InChI is InChI=1S/C8H7BrN2S/c1-4-2-5(9)3-6-7(4)11-8(10)12-6/h2-3H,1H3,(H2,10,11). The van der Waals surface area contributed by atoms with Crippen LogP contribution in [0.3, 0.4) is 0 Å². The number of rotatable bonds is 0. The molecule has 0 saturated carbocycles. The summed E-state index contributed by atoms with van der Waals surface area (Å²) in [5, 5.41) is 0.631. The van der Waals surface area contributed by atoms with Crippen molar-refractivity contribution in [2.45, 2.75) is 6.92 Å². The molecule has 0 aliphatic rings. The van der Waals surface area contributed by atoms with Gasteiger partial charge in [0.2, 0.25) is 0 Å². The number of thiazole rings is 1. The molecule has 0 bridgehead atoms. The molecule has 0 aliphatic carbocycles. The first-order chi connectivity index (χ1) is 5.66. The van der Waals surface area contributed by atoms with Crippen molar-refractivity contribution in [3.63, 3.8) is 0 Å². The van der Waals surface area contributed by atoms with Gasteiger partial charge in [0, 0.05) is 4.47 Å². The van der Waals surface area contributed by atoms with Crippen molar-refractivity contribution in [1.29, 1.82) is 0 Å². The monoisotopic (exact) mass is 242 g/mol. The van der Waals surface area contributed by atoms with Gasteiger partial charge in [-0.05, 0) is 24.6 Å². The largest absolute Gasteiger partial charge is 0.375 e. The van der Waals surface area contributed by atoms with Crippen LogP contribution < -0.4 is 5.73 Å². The molecule has 0 unspecified atom stereocenters. The summed E-state index contributed by atoms with van der Waals surface area (Å²) in [4.78, 5) is 4.23. The second-order valence-electron chi connectivity index (χ2n) is 2.62. The minimum Gasteiger partial charge on any atom is -0.375 e. The molecular weight excluding hydrogens is 236 g/mol. The van der Waals surface area contributed by atoms with Crippen LogP contribution in [0.1, 0.15) is 5.56 Å². The zero-order valence-corrected chi connectivity index (χ0v) is 8.87. The summed E-state index contributed by atoms with van der Waals surface area (Å²) in [5.74, 6) is 0. The Hall–Kier alpha value is -0.610. The highest BCUT2D eigenvalue weighted by atomic mass is 79.9. The lowest BCUT2D eigenvalue weighted by atomic mass is 10.2. The van der Waals surface area contributed by atoms with E-state index >= 15 is 0 Å². The summed E-state index contributed by atoms with van der Waals surface area (Å²) in [7, 11) is 0. The molecule has 2 nitrogen and oxygen atoms in total. The van der Waals surface area contributed by atoms with Crippen molar-refractivity contribution in [2.75, 3.05) is 5.73 Å². The Labute approximate surface area is 82.5 Å². The fourth-order valence-corrected chi connectivity index (χ4v) is 2.75. The molecule has 0 aliphatic heterocycles. The number of aryl methyl sites for hydroxylation is 1. The third kappa shape index (κ3) is 1.21. The molecule has 0 fully saturated rings. The molecule has 0 saturated heterocycles. The maximum absolute atomic E-state index is 5.60. The first kappa shape index (κ1) is 8.01. The van der Waals surface area contributed by atoms with Crippen LogP contribution in [0.4, 0.5) is 5.13 Å². The molecule has 1 heterocycles. The Bertz CT molecular complexity index is 436. The number of aromatic nitrogens is 1. The highest BCUT2D eigenvalue weighted by molar-refractivity contribution is 9.10. The van der Waals surface area contributed by atoms with Crippen molar-refractivity contribution < 1.29 is 0 Å². The number of benzene rings is 1. The van der Waals surface area contributed by atoms with Crippen LogP contribution in [-0.4, -0.2) is 4.98 Å². The summed E-state index contributed by atoms with van der Waals surface area (Å²) in [6.07, 6.45) is 0. The van der Waals surface area contributed by atoms with Crippen molar-refractivity contribution >= 4 is 42.6 Å². The van der Waals surface area contributed by atoms with Crippen molar-refractivity contribution in [3.8, 4) is 0 Å². The fourth-order valence-electron chi connectivity index (χ4n) is 1.17. The normalized spacial score (nSPS) is 10.8. The third-order valence-corrected chi connectivity index (χ3v) is 2.96. The maximum Gasteiger partial charge on any atom is 0.181 e. The zero-order valence-electron chi connectivity index (χ0n) is 6.47.